The molecule has 3 heterocycles. The fourth-order valence-corrected chi connectivity index (χ4v) is 10.2. The number of nitrogens with zero attached hydrogens (tertiary/aromatic N) is 4. The van der Waals surface area contributed by atoms with Gasteiger partial charge in [-0.05, 0) is 81.9 Å². The third-order valence-electron chi connectivity index (χ3n) is 11.9. The lowest BCUT2D eigenvalue weighted by atomic mass is 9.95. The Hall–Kier alpha value is -7.99. The Morgan fingerprint density at radius 2 is 0.806 bits per heavy atom. The largest absolute Gasteiger partial charge is 0.309 e. The van der Waals surface area contributed by atoms with Crippen molar-refractivity contribution in [1.29, 1.82) is 0 Å². The first-order valence-electron chi connectivity index (χ1n) is 20.9. The highest BCUT2D eigenvalue weighted by Crippen LogP contribution is 2.42. The van der Waals surface area contributed by atoms with Gasteiger partial charge in [0.15, 0.2) is 17.5 Å². The van der Waals surface area contributed by atoms with Crippen LogP contribution in [0.2, 0.25) is 0 Å². The van der Waals surface area contributed by atoms with E-state index in [4.69, 9.17) is 15.0 Å². The second-order valence-corrected chi connectivity index (χ2v) is 16.6. The quantitative estimate of drug-likeness (QED) is 0.161. The van der Waals surface area contributed by atoms with Gasteiger partial charge in [-0.3, -0.25) is 0 Å². The van der Waals surface area contributed by atoms with Gasteiger partial charge < -0.3 is 4.57 Å². The maximum atomic E-state index is 5.36. The number of thiophene rings is 1. The van der Waals surface area contributed by atoms with Crippen LogP contribution in [-0.2, 0) is 0 Å². The van der Waals surface area contributed by atoms with Gasteiger partial charge in [-0.1, -0.05) is 170 Å². The summed E-state index contributed by atoms with van der Waals surface area (Å²) in [5, 5.41) is 4.90. The summed E-state index contributed by atoms with van der Waals surface area (Å²) in [6.07, 6.45) is 0. The summed E-state index contributed by atoms with van der Waals surface area (Å²) in [5.74, 6) is 1.91. The third-order valence-corrected chi connectivity index (χ3v) is 13.1. The molecule has 0 radical (unpaired) electrons. The van der Waals surface area contributed by atoms with Crippen LogP contribution in [0, 0.1) is 0 Å². The Labute approximate surface area is 362 Å². The Kier molecular flexibility index (Phi) is 8.65. The molecule has 12 rings (SSSR count). The molecule has 4 nitrogen and oxygen atoms in total. The topological polar surface area (TPSA) is 43.6 Å². The van der Waals surface area contributed by atoms with Crippen LogP contribution in [0.15, 0.2) is 218 Å². The van der Waals surface area contributed by atoms with E-state index in [0.29, 0.717) is 17.5 Å². The van der Waals surface area contributed by atoms with Crippen LogP contribution in [-0.4, -0.2) is 19.5 Å². The van der Waals surface area contributed by atoms with Crippen molar-refractivity contribution in [2.45, 2.75) is 0 Å². The molecule has 0 unspecified atom stereocenters. The lowest BCUT2D eigenvalue weighted by Gasteiger charge is -2.14. The minimum absolute atomic E-state index is 0.627. The molecule has 3 aromatic heterocycles. The summed E-state index contributed by atoms with van der Waals surface area (Å²) in [4.78, 5) is 16.0. The molecule has 0 saturated carbocycles. The highest BCUT2D eigenvalue weighted by Gasteiger charge is 2.20. The summed E-state index contributed by atoms with van der Waals surface area (Å²) in [6.45, 7) is 0. The molecule has 5 heteroatoms. The van der Waals surface area contributed by atoms with Crippen LogP contribution in [0.5, 0.6) is 0 Å². The number of hydrogen-bond donors (Lipinski definition) is 0. The van der Waals surface area contributed by atoms with Gasteiger partial charge in [-0.2, -0.15) is 0 Å². The fraction of sp³-hybridized carbons (Fsp3) is 0. The SMILES string of the molecule is c1ccc(-c2ccccc2-c2nc(-c3ccccc3-c3cccc(-c4ccc5c(c4)c4ccccc4n5-c4ccccc4)c3)nc(-c3cccc4c3sc3ccccc34)n2)cc1. The Morgan fingerprint density at radius 3 is 1.56 bits per heavy atom. The minimum Gasteiger partial charge on any atom is -0.309 e. The van der Waals surface area contributed by atoms with E-state index in [0.717, 1.165) is 60.5 Å². The predicted molar refractivity (Wildman–Crippen MR) is 260 cm³/mol. The van der Waals surface area contributed by atoms with Gasteiger partial charge >= 0.3 is 0 Å². The van der Waals surface area contributed by atoms with Gasteiger partial charge in [0.05, 0.1) is 11.0 Å². The molecule has 0 fully saturated rings. The molecule has 0 spiro atoms. The summed E-state index contributed by atoms with van der Waals surface area (Å²) in [5.41, 5.74) is 13.0. The van der Waals surface area contributed by atoms with Crippen molar-refractivity contribution in [1.82, 2.24) is 19.5 Å². The highest BCUT2D eigenvalue weighted by atomic mass is 32.1. The second kappa shape index (κ2) is 14.9. The monoisotopic (exact) mass is 808 g/mol. The Balaban J connectivity index is 1.02. The molecule has 0 amide bonds. The second-order valence-electron chi connectivity index (χ2n) is 15.5. The van der Waals surface area contributed by atoms with E-state index in [2.05, 4.69) is 217 Å². The summed E-state index contributed by atoms with van der Waals surface area (Å²) in [6, 6.07) is 77.4. The molecule has 0 N–H and O–H groups in total. The van der Waals surface area contributed by atoms with Gasteiger partial charge in [0.1, 0.15) is 0 Å². The molecule has 0 atom stereocenters. The van der Waals surface area contributed by atoms with Gasteiger partial charge in [0.2, 0.25) is 0 Å². The van der Waals surface area contributed by atoms with Crippen LogP contribution < -0.4 is 0 Å². The Morgan fingerprint density at radius 1 is 0.306 bits per heavy atom. The van der Waals surface area contributed by atoms with E-state index < -0.39 is 0 Å². The average molecular weight is 809 g/mol. The third kappa shape index (κ3) is 6.09. The van der Waals surface area contributed by atoms with Crippen molar-refractivity contribution in [2.75, 3.05) is 0 Å². The first kappa shape index (κ1) is 35.9. The van der Waals surface area contributed by atoms with E-state index in [1.54, 1.807) is 11.3 Å². The van der Waals surface area contributed by atoms with E-state index in [1.807, 2.05) is 6.07 Å². The molecule has 62 heavy (non-hydrogen) atoms. The van der Waals surface area contributed by atoms with Crippen molar-refractivity contribution < 1.29 is 0 Å². The van der Waals surface area contributed by atoms with Gasteiger partial charge in [0, 0.05) is 53.3 Å². The lowest BCUT2D eigenvalue weighted by molar-refractivity contribution is 1.08. The Bertz CT molecular complexity index is 3640. The number of fused-ring (bicyclic) bond motifs is 6. The van der Waals surface area contributed by atoms with E-state index in [1.165, 1.54) is 37.3 Å². The number of benzene rings is 9. The van der Waals surface area contributed by atoms with E-state index in [-0.39, 0.29) is 0 Å². The van der Waals surface area contributed by atoms with E-state index in [9.17, 15) is 0 Å². The number of hydrogen-bond acceptors (Lipinski definition) is 4. The molecule has 290 valence electrons. The van der Waals surface area contributed by atoms with Crippen LogP contribution >= 0.6 is 11.3 Å². The van der Waals surface area contributed by atoms with Crippen molar-refractivity contribution in [3.05, 3.63) is 218 Å². The van der Waals surface area contributed by atoms with Crippen LogP contribution in [0.3, 0.4) is 0 Å². The maximum absolute atomic E-state index is 5.36. The van der Waals surface area contributed by atoms with Crippen molar-refractivity contribution in [3.8, 4) is 73.2 Å². The zero-order valence-electron chi connectivity index (χ0n) is 33.5. The zero-order valence-corrected chi connectivity index (χ0v) is 34.3. The number of aromatic nitrogens is 4. The number of para-hydroxylation sites is 2. The van der Waals surface area contributed by atoms with E-state index >= 15 is 0 Å². The van der Waals surface area contributed by atoms with Crippen molar-refractivity contribution >= 4 is 53.3 Å². The van der Waals surface area contributed by atoms with Gasteiger partial charge in [-0.15, -0.1) is 11.3 Å². The van der Waals surface area contributed by atoms with Crippen molar-refractivity contribution in [2.24, 2.45) is 0 Å². The van der Waals surface area contributed by atoms with Crippen molar-refractivity contribution in [3.63, 3.8) is 0 Å². The molecule has 0 aliphatic rings. The predicted octanol–water partition coefficient (Wildman–Crippen LogP) is 15.3. The first-order valence-corrected chi connectivity index (χ1v) is 21.7. The normalized spacial score (nSPS) is 11.5. The zero-order chi connectivity index (χ0) is 41.0. The smallest absolute Gasteiger partial charge is 0.165 e. The molecular weight excluding hydrogens is 773 g/mol. The maximum Gasteiger partial charge on any atom is 0.165 e. The van der Waals surface area contributed by atoms with Gasteiger partial charge in [-0.25, -0.2) is 15.0 Å². The lowest BCUT2D eigenvalue weighted by Crippen LogP contribution is -2.02. The van der Waals surface area contributed by atoms with Crippen LogP contribution in [0.1, 0.15) is 0 Å². The number of rotatable bonds is 7. The minimum atomic E-state index is 0.627. The summed E-state index contributed by atoms with van der Waals surface area (Å²) >= 11 is 1.79. The summed E-state index contributed by atoms with van der Waals surface area (Å²) in [7, 11) is 0. The molecule has 12 aromatic rings. The first-order chi connectivity index (χ1) is 30.7. The average Bonchev–Trinajstić information content (AvgIpc) is 3.90. The standard InChI is InChI=1S/C57H36N4S/c1-3-17-37(18-4-1)42-23-7-9-27-47(42)55-58-56(60-57(59-55)49-30-16-29-46-45-26-12-14-32-53(45)62-54(46)49)48-28-10-8-24-43(48)40-20-15-19-38(35-40)39-33-34-52-50(36-39)44-25-11-13-31-51(44)61(52)41-21-5-2-6-22-41/h1-36H. The molecule has 0 saturated heterocycles. The summed E-state index contributed by atoms with van der Waals surface area (Å²) < 4.78 is 4.76. The molecule has 0 aliphatic heterocycles. The fourth-order valence-electron chi connectivity index (χ4n) is 9.01. The van der Waals surface area contributed by atoms with Crippen LogP contribution in [0.25, 0.3) is 115 Å². The molecule has 0 aliphatic carbocycles. The molecular formula is C57H36N4S. The van der Waals surface area contributed by atoms with Crippen LogP contribution in [0.4, 0.5) is 0 Å². The molecule has 0 bridgehead atoms. The molecule has 9 aromatic carbocycles. The van der Waals surface area contributed by atoms with Gasteiger partial charge in [0.25, 0.3) is 0 Å². The highest BCUT2D eigenvalue weighted by molar-refractivity contribution is 7.26.